The van der Waals surface area contributed by atoms with Gasteiger partial charge in [-0.2, -0.15) is 5.26 Å². The summed E-state index contributed by atoms with van der Waals surface area (Å²) in [5.74, 6) is -1.45. The molecule has 7 nitrogen and oxygen atoms in total. The minimum atomic E-state index is -0.962. The van der Waals surface area contributed by atoms with Crippen molar-refractivity contribution in [2.24, 2.45) is 0 Å². The molecule has 9 heteroatoms. The van der Waals surface area contributed by atoms with E-state index in [1.54, 1.807) is 6.92 Å². The number of aliphatic hydroxyl groups excluding tert-OH is 3. The first-order valence-electron chi connectivity index (χ1n) is 7.15. The summed E-state index contributed by atoms with van der Waals surface area (Å²) in [4.78, 5) is 9.55. The van der Waals surface area contributed by atoms with E-state index in [0.717, 1.165) is 0 Å². The van der Waals surface area contributed by atoms with Gasteiger partial charge in [0.15, 0.2) is 5.76 Å². The van der Waals surface area contributed by atoms with E-state index >= 15 is 0 Å². The van der Waals surface area contributed by atoms with Crippen LogP contribution in [-0.2, 0) is 0 Å². The Labute approximate surface area is 153 Å². The van der Waals surface area contributed by atoms with Gasteiger partial charge in [0.2, 0.25) is 5.88 Å². The van der Waals surface area contributed by atoms with Crippen LogP contribution in [0.5, 0.6) is 0 Å². The lowest BCUT2D eigenvalue weighted by Crippen LogP contribution is -2.30. The van der Waals surface area contributed by atoms with Crippen LogP contribution < -0.4 is 4.90 Å². The highest BCUT2D eigenvalue weighted by Crippen LogP contribution is 2.46. The molecule has 2 heterocycles. The van der Waals surface area contributed by atoms with Crippen LogP contribution in [0, 0.1) is 18.3 Å². The number of rotatable bonds is 2. The van der Waals surface area contributed by atoms with Gasteiger partial charge in [-0.1, -0.05) is 23.2 Å². The third-order valence-corrected chi connectivity index (χ3v) is 4.41. The van der Waals surface area contributed by atoms with E-state index < -0.39 is 24.2 Å². The zero-order chi connectivity index (χ0) is 18.3. The van der Waals surface area contributed by atoms with Gasteiger partial charge in [0, 0.05) is 5.56 Å². The fraction of sp³-hybridized carbons (Fsp3) is 0.188. The van der Waals surface area contributed by atoms with Gasteiger partial charge in [-0.25, -0.2) is 9.97 Å². The topological polar surface area (TPSA) is 114 Å². The van der Waals surface area contributed by atoms with Gasteiger partial charge < -0.3 is 15.3 Å². The normalized spacial score (nSPS) is 16.6. The van der Waals surface area contributed by atoms with Gasteiger partial charge in [-0.15, -0.1) is 0 Å². The summed E-state index contributed by atoms with van der Waals surface area (Å²) >= 11 is 12.4. The predicted molar refractivity (Wildman–Crippen MR) is 92.2 cm³/mol. The van der Waals surface area contributed by atoms with Crippen LogP contribution in [0.1, 0.15) is 22.9 Å². The SMILES string of the molecule is Cc1nc(Cl)c2c(n1)N(c1ccc(C#N)cc1Cl)C(O)=C(O)C2CO. The predicted octanol–water partition coefficient (Wildman–Crippen LogP) is 3.48. The van der Waals surface area contributed by atoms with Crippen molar-refractivity contribution in [1.29, 1.82) is 5.26 Å². The number of nitrogens with zero attached hydrogens (tertiary/aromatic N) is 4. The second-order valence-corrected chi connectivity index (χ2v) is 6.12. The molecule has 1 atom stereocenters. The number of benzene rings is 1. The molecule has 0 saturated heterocycles. The van der Waals surface area contributed by atoms with E-state index in [-0.39, 0.29) is 27.2 Å². The molecule has 128 valence electrons. The Morgan fingerprint density at radius 3 is 2.60 bits per heavy atom. The summed E-state index contributed by atoms with van der Waals surface area (Å²) in [6.07, 6.45) is 0. The molecular formula is C16H12Cl2N4O3. The van der Waals surface area contributed by atoms with E-state index in [0.29, 0.717) is 11.4 Å². The first-order valence-corrected chi connectivity index (χ1v) is 7.91. The molecule has 3 N–H and O–H groups in total. The lowest BCUT2D eigenvalue weighted by atomic mass is 9.95. The largest absolute Gasteiger partial charge is 0.506 e. The van der Waals surface area contributed by atoms with Gasteiger partial charge in [-0.05, 0) is 25.1 Å². The van der Waals surface area contributed by atoms with Gasteiger partial charge >= 0.3 is 0 Å². The molecule has 0 bridgehead atoms. The lowest BCUT2D eigenvalue weighted by molar-refractivity contribution is 0.219. The molecule has 1 aliphatic rings. The Morgan fingerprint density at radius 2 is 2.00 bits per heavy atom. The minimum Gasteiger partial charge on any atom is -0.506 e. The van der Waals surface area contributed by atoms with Gasteiger partial charge in [-0.3, -0.25) is 4.90 Å². The number of halogens is 2. The van der Waals surface area contributed by atoms with Crippen molar-refractivity contribution in [2.45, 2.75) is 12.8 Å². The third kappa shape index (κ3) is 2.74. The van der Waals surface area contributed by atoms with Crippen LogP contribution in [0.3, 0.4) is 0 Å². The van der Waals surface area contributed by atoms with Crippen molar-refractivity contribution < 1.29 is 15.3 Å². The number of hydrogen-bond donors (Lipinski definition) is 3. The second-order valence-electron chi connectivity index (χ2n) is 5.36. The Balaban J connectivity index is 2.31. The van der Waals surface area contributed by atoms with Crippen molar-refractivity contribution in [3.05, 3.63) is 57.0 Å². The van der Waals surface area contributed by atoms with Crippen molar-refractivity contribution >= 4 is 34.7 Å². The highest BCUT2D eigenvalue weighted by atomic mass is 35.5. The smallest absolute Gasteiger partial charge is 0.237 e. The Hall–Kier alpha value is -2.53. The number of anilines is 2. The van der Waals surface area contributed by atoms with E-state index in [9.17, 15) is 15.3 Å². The molecular weight excluding hydrogens is 367 g/mol. The number of nitriles is 1. The van der Waals surface area contributed by atoms with E-state index in [4.69, 9.17) is 28.5 Å². The van der Waals surface area contributed by atoms with Crippen molar-refractivity contribution in [3.63, 3.8) is 0 Å². The zero-order valence-corrected chi connectivity index (χ0v) is 14.4. The van der Waals surface area contributed by atoms with E-state index in [1.807, 2.05) is 6.07 Å². The average molecular weight is 379 g/mol. The number of fused-ring (bicyclic) bond motifs is 1. The average Bonchev–Trinajstić information content (AvgIpc) is 2.57. The lowest BCUT2D eigenvalue weighted by Gasteiger charge is -2.33. The standard InChI is InChI=1S/C16H12Cl2N4O3/c1-7-20-14(18)12-9(6-23)13(24)16(25)22(15(12)21-7)11-3-2-8(5-19)4-10(11)17/h2-4,9,23-25H,6H2,1H3. The number of hydrogen-bond acceptors (Lipinski definition) is 7. The molecule has 0 saturated carbocycles. The maximum atomic E-state index is 10.5. The summed E-state index contributed by atoms with van der Waals surface area (Å²) in [6.45, 7) is 1.12. The first kappa shape index (κ1) is 17.3. The van der Waals surface area contributed by atoms with Crippen LogP contribution in [0.4, 0.5) is 11.5 Å². The third-order valence-electron chi connectivity index (χ3n) is 3.82. The highest BCUT2D eigenvalue weighted by Gasteiger charge is 2.38. The van der Waals surface area contributed by atoms with E-state index in [2.05, 4.69) is 9.97 Å². The Bertz CT molecular complexity index is 940. The number of aliphatic hydroxyl groups is 3. The van der Waals surface area contributed by atoms with Crippen LogP contribution in [0.2, 0.25) is 10.2 Å². The molecule has 0 aliphatic carbocycles. The molecule has 1 unspecified atom stereocenters. The van der Waals surface area contributed by atoms with Crippen LogP contribution >= 0.6 is 23.2 Å². The molecule has 0 spiro atoms. The molecule has 1 aromatic heterocycles. The van der Waals surface area contributed by atoms with Crippen LogP contribution in [0.15, 0.2) is 29.8 Å². The molecule has 3 rings (SSSR count). The van der Waals surface area contributed by atoms with Gasteiger partial charge in [0.25, 0.3) is 0 Å². The Morgan fingerprint density at radius 1 is 1.28 bits per heavy atom. The molecule has 1 aromatic carbocycles. The maximum absolute atomic E-state index is 10.5. The molecule has 0 fully saturated rings. The van der Waals surface area contributed by atoms with Crippen LogP contribution in [-0.4, -0.2) is 31.9 Å². The van der Waals surface area contributed by atoms with Gasteiger partial charge in [0.05, 0.1) is 34.9 Å². The molecule has 1 aliphatic heterocycles. The number of aryl methyl sites for hydroxylation is 1. The van der Waals surface area contributed by atoms with Gasteiger partial charge in [0.1, 0.15) is 16.8 Å². The van der Waals surface area contributed by atoms with Crippen LogP contribution in [0.25, 0.3) is 0 Å². The summed E-state index contributed by atoms with van der Waals surface area (Å²) in [6, 6.07) is 6.42. The molecule has 25 heavy (non-hydrogen) atoms. The van der Waals surface area contributed by atoms with E-state index in [1.165, 1.54) is 23.1 Å². The highest BCUT2D eigenvalue weighted by molar-refractivity contribution is 6.33. The summed E-state index contributed by atoms with van der Waals surface area (Å²) in [5.41, 5.74) is 0.894. The fourth-order valence-corrected chi connectivity index (χ4v) is 3.28. The molecule has 0 amide bonds. The molecule has 2 aromatic rings. The monoisotopic (exact) mass is 378 g/mol. The quantitative estimate of drug-likeness (QED) is 0.685. The summed E-state index contributed by atoms with van der Waals surface area (Å²) in [7, 11) is 0. The minimum absolute atomic E-state index is 0.0513. The zero-order valence-electron chi connectivity index (χ0n) is 12.9. The maximum Gasteiger partial charge on any atom is 0.237 e. The fourth-order valence-electron chi connectivity index (χ4n) is 2.67. The van der Waals surface area contributed by atoms with Crippen molar-refractivity contribution in [1.82, 2.24) is 9.97 Å². The van der Waals surface area contributed by atoms with Crippen molar-refractivity contribution in [3.8, 4) is 6.07 Å². The number of aromatic nitrogens is 2. The van der Waals surface area contributed by atoms with Crippen molar-refractivity contribution in [2.75, 3.05) is 11.5 Å². The Kier molecular flexibility index (Phi) is 4.43. The molecule has 0 radical (unpaired) electrons. The summed E-state index contributed by atoms with van der Waals surface area (Å²) in [5, 5.41) is 39.6. The first-order chi connectivity index (χ1) is 11.9. The second kappa shape index (κ2) is 6.41. The summed E-state index contributed by atoms with van der Waals surface area (Å²) < 4.78 is 0.